The summed E-state index contributed by atoms with van der Waals surface area (Å²) in [7, 11) is 0. The maximum atomic E-state index is 11.5. The third-order valence-electron chi connectivity index (χ3n) is 2.12. The average Bonchev–Trinajstić information content (AvgIpc) is 2.28. The SMILES string of the molecule is CC(C)(N)C(=O)NCC(=O)Nc1ccc(Cl)cc1. The molecule has 0 saturated heterocycles. The van der Waals surface area contributed by atoms with Gasteiger partial charge in [-0.15, -0.1) is 0 Å². The smallest absolute Gasteiger partial charge is 0.243 e. The maximum Gasteiger partial charge on any atom is 0.243 e. The Bertz CT molecular complexity index is 438. The van der Waals surface area contributed by atoms with Gasteiger partial charge in [-0.1, -0.05) is 11.6 Å². The third kappa shape index (κ3) is 4.73. The summed E-state index contributed by atoms with van der Waals surface area (Å²) in [5.74, 6) is -0.705. The Morgan fingerprint density at radius 1 is 1.28 bits per heavy atom. The molecule has 0 aliphatic heterocycles. The zero-order chi connectivity index (χ0) is 13.8. The summed E-state index contributed by atoms with van der Waals surface area (Å²) in [6, 6.07) is 6.68. The maximum absolute atomic E-state index is 11.5. The molecule has 0 bridgehead atoms. The third-order valence-corrected chi connectivity index (χ3v) is 2.37. The molecule has 0 atom stereocenters. The predicted molar refractivity (Wildman–Crippen MR) is 71.4 cm³/mol. The van der Waals surface area contributed by atoms with E-state index in [0.717, 1.165) is 0 Å². The molecular weight excluding hydrogens is 254 g/mol. The van der Waals surface area contributed by atoms with Crippen molar-refractivity contribution < 1.29 is 9.59 Å². The number of nitrogens with one attached hydrogen (secondary N) is 2. The second kappa shape index (κ2) is 5.84. The summed E-state index contributed by atoms with van der Waals surface area (Å²) in [5.41, 5.74) is 5.19. The van der Waals surface area contributed by atoms with Gasteiger partial charge in [-0.05, 0) is 38.1 Å². The number of halogens is 1. The van der Waals surface area contributed by atoms with E-state index in [9.17, 15) is 9.59 Å². The summed E-state index contributed by atoms with van der Waals surface area (Å²) in [5, 5.41) is 5.66. The molecule has 1 rings (SSSR count). The van der Waals surface area contributed by atoms with E-state index in [2.05, 4.69) is 10.6 Å². The molecule has 5 nitrogen and oxygen atoms in total. The normalized spacial score (nSPS) is 10.9. The second-order valence-electron chi connectivity index (χ2n) is 4.46. The Morgan fingerprint density at radius 3 is 2.33 bits per heavy atom. The highest BCUT2D eigenvalue weighted by molar-refractivity contribution is 6.30. The Labute approximate surface area is 111 Å². The number of benzene rings is 1. The van der Waals surface area contributed by atoms with Gasteiger partial charge in [0, 0.05) is 10.7 Å². The summed E-state index contributed by atoms with van der Waals surface area (Å²) in [6.07, 6.45) is 0. The van der Waals surface area contributed by atoms with Crippen molar-refractivity contribution in [2.45, 2.75) is 19.4 Å². The Morgan fingerprint density at radius 2 is 1.83 bits per heavy atom. The highest BCUT2D eigenvalue weighted by atomic mass is 35.5. The van der Waals surface area contributed by atoms with E-state index in [1.165, 1.54) is 0 Å². The van der Waals surface area contributed by atoms with Crippen LogP contribution in [-0.2, 0) is 9.59 Å². The van der Waals surface area contributed by atoms with Gasteiger partial charge in [-0.25, -0.2) is 0 Å². The van der Waals surface area contributed by atoms with Gasteiger partial charge in [0.05, 0.1) is 12.1 Å². The fourth-order valence-corrected chi connectivity index (χ4v) is 1.25. The topological polar surface area (TPSA) is 84.2 Å². The van der Waals surface area contributed by atoms with E-state index in [-0.39, 0.29) is 18.4 Å². The Kier molecular flexibility index (Phi) is 4.69. The molecule has 0 saturated carbocycles. The summed E-state index contributed by atoms with van der Waals surface area (Å²) < 4.78 is 0. The first-order valence-electron chi connectivity index (χ1n) is 5.41. The van der Waals surface area contributed by atoms with Gasteiger partial charge in [0.15, 0.2) is 0 Å². The first-order chi connectivity index (χ1) is 8.29. The molecule has 0 aliphatic carbocycles. The van der Waals surface area contributed by atoms with Gasteiger partial charge in [0.1, 0.15) is 0 Å². The molecule has 0 fully saturated rings. The van der Waals surface area contributed by atoms with E-state index in [4.69, 9.17) is 17.3 Å². The standard InChI is InChI=1S/C12H16ClN3O2/c1-12(2,14)11(18)15-7-10(17)16-9-5-3-8(13)4-6-9/h3-6H,7,14H2,1-2H3,(H,15,18)(H,16,17). The van der Waals surface area contributed by atoms with Crippen molar-refractivity contribution in [2.24, 2.45) is 5.73 Å². The second-order valence-corrected chi connectivity index (χ2v) is 4.90. The number of hydrogen-bond acceptors (Lipinski definition) is 3. The van der Waals surface area contributed by atoms with Gasteiger partial charge < -0.3 is 16.4 Å². The largest absolute Gasteiger partial charge is 0.345 e. The van der Waals surface area contributed by atoms with Gasteiger partial charge in [0.25, 0.3) is 0 Å². The van der Waals surface area contributed by atoms with Crippen molar-refractivity contribution in [1.82, 2.24) is 5.32 Å². The number of hydrogen-bond donors (Lipinski definition) is 3. The number of carbonyl (C=O) groups excluding carboxylic acids is 2. The van der Waals surface area contributed by atoms with Crippen molar-refractivity contribution in [2.75, 3.05) is 11.9 Å². The van der Waals surface area contributed by atoms with Crippen molar-refractivity contribution in [3.05, 3.63) is 29.3 Å². The fraction of sp³-hybridized carbons (Fsp3) is 0.333. The van der Waals surface area contributed by atoms with Crippen LogP contribution in [0.5, 0.6) is 0 Å². The number of nitrogens with two attached hydrogens (primary N) is 1. The van der Waals surface area contributed by atoms with Crippen LogP contribution in [0.1, 0.15) is 13.8 Å². The lowest BCUT2D eigenvalue weighted by Crippen LogP contribution is -2.50. The zero-order valence-corrected chi connectivity index (χ0v) is 11.0. The first kappa shape index (κ1) is 14.5. The zero-order valence-electron chi connectivity index (χ0n) is 10.3. The van der Waals surface area contributed by atoms with E-state index >= 15 is 0 Å². The van der Waals surface area contributed by atoms with Crippen molar-refractivity contribution in [3.63, 3.8) is 0 Å². The number of rotatable bonds is 4. The van der Waals surface area contributed by atoms with E-state index in [1.54, 1.807) is 38.1 Å². The molecule has 0 aromatic heterocycles. The number of anilines is 1. The van der Waals surface area contributed by atoms with Crippen molar-refractivity contribution in [3.8, 4) is 0 Å². The lowest BCUT2D eigenvalue weighted by Gasteiger charge is -2.17. The van der Waals surface area contributed by atoms with Crippen LogP contribution in [0.4, 0.5) is 5.69 Å². The van der Waals surface area contributed by atoms with Crippen LogP contribution in [0.3, 0.4) is 0 Å². The predicted octanol–water partition coefficient (Wildman–Crippen LogP) is 1.13. The van der Waals surface area contributed by atoms with Crippen LogP contribution in [0.15, 0.2) is 24.3 Å². The molecule has 0 heterocycles. The van der Waals surface area contributed by atoms with Crippen LogP contribution >= 0.6 is 11.6 Å². The van der Waals surface area contributed by atoms with E-state index in [0.29, 0.717) is 10.7 Å². The Hall–Kier alpha value is -1.59. The van der Waals surface area contributed by atoms with Crippen LogP contribution in [0, 0.1) is 0 Å². The lowest BCUT2D eigenvalue weighted by atomic mass is 10.1. The minimum absolute atomic E-state index is 0.123. The summed E-state index contributed by atoms with van der Waals surface area (Å²) >= 11 is 5.72. The molecule has 1 aromatic carbocycles. The highest BCUT2D eigenvalue weighted by Crippen LogP contribution is 2.12. The lowest BCUT2D eigenvalue weighted by molar-refractivity contribution is -0.127. The molecule has 2 amide bonds. The highest BCUT2D eigenvalue weighted by Gasteiger charge is 2.21. The molecule has 4 N–H and O–H groups in total. The molecule has 1 aromatic rings. The van der Waals surface area contributed by atoms with Gasteiger partial charge in [-0.2, -0.15) is 0 Å². The van der Waals surface area contributed by atoms with Gasteiger partial charge in [0.2, 0.25) is 11.8 Å². The van der Waals surface area contributed by atoms with Gasteiger partial charge >= 0.3 is 0 Å². The van der Waals surface area contributed by atoms with E-state index < -0.39 is 5.54 Å². The van der Waals surface area contributed by atoms with Crippen LogP contribution in [0.2, 0.25) is 5.02 Å². The minimum Gasteiger partial charge on any atom is -0.345 e. The van der Waals surface area contributed by atoms with E-state index in [1.807, 2.05) is 0 Å². The molecule has 98 valence electrons. The molecule has 18 heavy (non-hydrogen) atoms. The summed E-state index contributed by atoms with van der Waals surface area (Å²) in [4.78, 5) is 23.0. The Balaban J connectivity index is 2.43. The van der Waals surface area contributed by atoms with Crippen molar-refractivity contribution >= 4 is 29.1 Å². The molecule has 0 aliphatic rings. The summed E-state index contributed by atoms with van der Waals surface area (Å²) in [6.45, 7) is 3.01. The van der Waals surface area contributed by atoms with Crippen LogP contribution in [0.25, 0.3) is 0 Å². The molecule has 0 radical (unpaired) electrons. The van der Waals surface area contributed by atoms with Gasteiger partial charge in [-0.3, -0.25) is 9.59 Å². The minimum atomic E-state index is -0.999. The van der Waals surface area contributed by atoms with Crippen LogP contribution < -0.4 is 16.4 Å². The first-order valence-corrected chi connectivity index (χ1v) is 5.79. The fourth-order valence-electron chi connectivity index (χ4n) is 1.13. The number of amides is 2. The number of carbonyl (C=O) groups is 2. The molecule has 0 unspecified atom stereocenters. The monoisotopic (exact) mass is 269 g/mol. The molecule has 6 heteroatoms. The molecular formula is C12H16ClN3O2. The average molecular weight is 270 g/mol. The van der Waals surface area contributed by atoms with Crippen LogP contribution in [-0.4, -0.2) is 23.9 Å². The quantitative estimate of drug-likeness (QED) is 0.766. The van der Waals surface area contributed by atoms with Crippen molar-refractivity contribution in [1.29, 1.82) is 0 Å². The molecule has 0 spiro atoms.